The van der Waals surface area contributed by atoms with Crippen LogP contribution in [-0.4, -0.2) is 8.42 Å². The molecule has 0 spiro atoms. The molecule has 2 N–H and O–H groups in total. The molecule has 0 aliphatic rings. The van der Waals surface area contributed by atoms with Crippen molar-refractivity contribution in [1.29, 1.82) is 0 Å². The lowest BCUT2D eigenvalue weighted by atomic mass is 10.2. The minimum absolute atomic E-state index is 0.0873. The van der Waals surface area contributed by atoms with Crippen molar-refractivity contribution in [2.24, 2.45) is 0 Å². The van der Waals surface area contributed by atoms with Crippen LogP contribution in [0.5, 0.6) is 0 Å². The van der Waals surface area contributed by atoms with Crippen molar-refractivity contribution < 1.29 is 17.2 Å². The number of nitrogens with two attached hydrogens (primary N) is 1. The van der Waals surface area contributed by atoms with Gasteiger partial charge in [-0.3, -0.25) is 0 Å². The predicted molar refractivity (Wildman–Crippen MR) is 75.8 cm³/mol. The molecular formula is C13H10BrF2NO2S. The fraction of sp³-hybridized carbons (Fsp3) is 0.0769. The minimum Gasteiger partial charge on any atom is -0.398 e. The Kier molecular flexibility index (Phi) is 4.10. The predicted octanol–water partition coefficient (Wildman–Crippen LogP) is 3.28. The van der Waals surface area contributed by atoms with Gasteiger partial charge in [0.2, 0.25) is 0 Å². The highest BCUT2D eigenvalue weighted by Crippen LogP contribution is 2.27. The fourth-order valence-electron chi connectivity index (χ4n) is 1.74. The maximum atomic E-state index is 13.4. The molecule has 0 saturated carbocycles. The second kappa shape index (κ2) is 5.49. The molecule has 3 nitrogen and oxygen atoms in total. The number of nitrogen functional groups attached to an aromatic ring is 1. The number of sulfone groups is 1. The molecule has 0 radical (unpaired) electrons. The molecule has 0 saturated heterocycles. The molecule has 0 aliphatic heterocycles. The van der Waals surface area contributed by atoms with Gasteiger partial charge in [-0.05, 0) is 45.8 Å². The van der Waals surface area contributed by atoms with Gasteiger partial charge >= 0.3 is 0 Å². The van der Waals surface area contributed by atoms with Gasteiger partial charge in [0.05, 0.1) is 20.8 Å². The lowest BCUT2D eigenvalue weighted by Crippen LogP contribution is -2.09. The summed E-state index contributed by atoms with van der Waals surface area (Å²) in [5.74, 6) is -1.60. The van der Waals surface area contributed by atoms with Gasteiger partial charge < -0.3 is 5.73 Å². The van der Waals surface area contributed by atoms with E-state index in [4.69, 9.17) is 5.73 Å². The first-order valence-corrected chi connectivity index (χ1v) is 7.96. The Balaban J connectivity index is 2.44. The van der Waals surface area contributed by atoms with E-state index in [-0.39, 0.29) is 20.6 Å². The summed E-state index contributed by atoms with van der Waals surface area (Å²) in [4.78, 5) is -0.171. The van der Waals surface area contributed by atoms with Gasteiger partial charge in [0.1, 0.15) is 11.6 Å². The standard InChI is InChI=1S/C13H10BrF2NO2S/c14-13-8(2-1-3-10(13)16)7-20(18,19)12-5-4-9(15)6-11(12)17/h1-6H,7,17H2. The Labute approximate surface area is 123 Å². The third kappa shape index (κ3) is 2.99. The first-order chi connectivity index (χ1) is 9.31. The van der Waals surface area contributed by atoms with Crippen LogP contribution >= 0.6 is 15.9 Å². The van der Waals surface area contributed by atoms with E-state index in [1.807, 2.05) is 0 Å². The van der Waals surface area contributed by atoms with E-state index >= 15 is 0 Å². The normalized spacial score (nSPS) is 11.6. The van der Waals surface area contributed by atoms with Gasteiger partial charge in [0.15, 0.2) is 9.84 Å². The third-order valence-electron chi connectivity index (χ3n) is 2.68. The molecule has 0 bridgehead atoms. The molecule has 0 amide bonds. The van der Waals surface area contributed by atoms with E-state index in [2.05, 4.69) is 15.9 Å². The second-order valence-electron chi connectivity index (χ2n) is 4.15. The molecule has 0 unspecified atom stereocenters. The maximum Gasteiger partial charge on any atom is 0.184 e. The Bertz CT molecular complexity index is 763. The first-order valence-electron chi connectivity index (χ1n) is 5.52. The zero-order valence-corrected chi connectivity index (χ0v) is 12.5. The number of anilines is 1. The second-order valence-corrected chi connectivity index (χ2v) is 6.91. The van der Waals surface area contributed by atoms with Gasteiger partial charge in [0, 0.05) is 0 Å². The number of benzene rings is 2. The lowest BCUT2D eigenvalue weighted by Gasteiger charge is -2.09. The summed E-state index contributed by atoms with van der Waals surface area (Å²) >= 11 is 3.00. The highest BCUT2D eigenvalue weighted by molar-refractivity contribution is 9.10. The molecule has 106 valence electrons. The summed E-state index contributed by atoms with van der Waals surface area (Å²) < 4.78 is 50.9. The van der Waals surface area contributed by atoms with Crippen LogP contribution in [0.1, 0.15) is 5.56 Å². The Morgan fingerprint density at radius 2 is 1.85 bits per heavy atom. The van der Waals surface area contributed by atoms with E-state index in [9.17, 15) is 17.2 Å². The van der Waals surface area contributed by atoms with Crippen molar-refractivity contribution in [2.45, 2.75) is 10.6 Å². The zero-order valence-electron chi connectivity index (χ0n) is 10.1. The van der Waals surface area contributed by atoms with Crippen LogP contribution in [0.4, 0.5) is 14.5 Å². The van der Waals surface area contributed by atoms with Gasteiger partial charge in [-0.1, -0.05) is 12.1 Å². The third-order valence-corrected chi connectivity index (χ3v) is 5.31. The van der Waals surface area contributed by atoms with Crippen molar-refractivity contribution in [2.75, 3.05) is 5.73 Å². The van der Waals surface area contributed by atoms with E-state index in [0.29, 0.717) is 0 Å². The highest BCUT2D eigenvalue weighted by atomic mass is 79.9. The van der Waals surface area contributed by atoms with Crippen LogP contribution in [0.3, 0.4) is 0 Å². The summed E-state index contributed by atoms with van der Waals surface area (Å²) in [6, 6.07) is 7.18. The topological polar surface area (TPSA) is 60.2 Å². The van der Waals surface area contributed by atoms with Crippen LogP contribution in [0.15, 0.2) is 45.8 Å². The Morgan fingerprint density at radius 1 is 1.15 bits per heavy atom. The van der Waals surface area contributed by atoms with Gasteiger partial charge in [-0.25, -0.2) is 17.2 Å². The Hall–Kier alpha value is -1.47. The molecule has 7 heteroatoms. The van der Waals surface area contributed by atoms with Gasteiger partial charge in [-0.2, -0.15) is 0 Å². The number of hydrogen-bond acceptors (Lipinski definition) is 3. The van der Waals surface area contributed by atoms with Crippen molar-refractivity contribution in [3.05, 3.63) is 58.1 Å². The summed E-state index contributed by atoms with van der Waals surface area (Å²) in [5, 5.41) is 0. The monoisotopic (exact) mass is 361 g/mol. The van der Waals surface area contributed by atoms with E-state index < -0.39 is 27.2 Å². The van der Waals surface area contributed by atoms with Gasteiger partial charge in [0.25, 0.3) is 0 Å². The van der Waals surface area contributed by atoms with Crippen molar-refractivity contribution >= 4 is 31.5 Å². The highest BCUT2D eigenvalue weighted by Gasteiger charge is 2.20. The first kappa shape index (κ1) is 14.9. The van der Waals surface area contributed by atoms with E-state index in [1.165, 1.54) is 18.2 Å². The average molecular weight is 362 g/mol. The molecule has 2 aromatic carbocycles. The number of hydrogen-bond donors (Lipinski definition) is 1. The van der Waals surface area contributed by atoms with Gasteiger partial charge in [-0.15, -0.1) is 0 Å². The molecule has 2 aromatic rings. The zero-order chi connectivity index (χ0) is 14.9. The molecule has 20 heavy (non-hydrogen) atoms. The van der Waals surface area contributed by atoms with Crippen LogP contribution in [0, 0.1) is 11.6 Å². The Morgan fingerprint density at radius 3 is 2.50 bits per heavy atom. The van der Waals surface area contributed by atoms with Crippen molar-refractivity contribution in [3.8, 4) is 0 Å². The van der Waals surface area contributed by atoms with Crippen LogP contribution < -0.4 is 5.73 Å². The fourth-order valence-corrected chi connectivity index (χ4v) is 3.83. The van der Waals surface area contributed by atoms with Crippen molar-refractivity contribution in [3.63, 3.8) is 0 Å². The number of rotatable bonds is 3. The maximum absolute atomic E-state index is 13.4. The van der Waals surface area contributed by atoms with Crippen molar-refractivity contribution in [1.82, 2.24) is 0 Å². The molecule has 0 heterocycles. The molecule has 0 aliphatic carbocycles. The van der Waals surface area contributed by atoms with E-state index in [0.717, 1.165) is 18.2 Å². The number of halogens is 3. The molecular weight excluding hydrogens is 352 g/mol. The minimum atomic E-state index is -3.79. The lowest BCUT2D eigenvalue weighted by molar-refractivity contribution is 0.593. The smallest absolute Gasteiger partial charge is 0.184 e. The van der Waals surface area contributed by atoms with E-state index in [1.54, 1.807) is 0 Å². The molecule has 0 aromatic heterocycles. The van der Waals surface area contributed by atoms with Crippen LogP contribution in [-0.2, 0) is 15.6 Å². The van der Waals surface area contributed by atoms with Crippen LogP contribution in [0.2, 0.25) is 0 Å². The summed E-state index contributed by atoms with van der Waals surface area (Å²) in [5.41, 5.74) is 5.63. The molecule has 0 atom stereocenters. The molecule has 2 rings (SSSR count). The average Bonchev–Trinajstić information content (AvgIpc) is 2.34. The summed E-state index contributed by atoms with van der Waals surface area (Å²) in [7, 11) is -3.79. The van der Waals surface area contributed by atoms with Crippen LogP contribution in [0.25, 0.3) is 0 Å². The summed E-state index contributed by atoms with van der Waals surface area (Å²) in [6.45, 7) is 0. The SMILES string of the molecule is Nc1cc(F)ccc1S(=O)(=O)Cc1cccc(F)c1Br. The molecule has 0 fully saturated rings. The largest absolute Gasteiger partial charge is 0.398 e. The quantitative estimate of drug-likeness (QED) is 0.673. The summed E-state index contributed by atoms with van der Waals surface area (Å²) in [6.07, 6.45) is 0.